The SMILES string of the molecule is [C-]#[N+]C1(c2ccc(N(CC3CCC(CNc4cc5c(cc4F)C(=O)N(C4CCC(=O)NC4=O)C5=O)CC3)c3cc(-c4c(C)noc4C)ccc3C)cc2)CC1.[C-]#[N+]C1(c2ccc(N(CC3CCC(CNc4cc5c(cc4F)CN(C4CCC(=O)NC4=O)C5=O)CC3)c3cc(-c4c(C)noc4C)ccc3C)cc2)CC1. The van der Waals surface area contributed by atoms with Crippen LogP contribution in [0.4, 0.5) is 42.9 Å². The van der Waals surface area contributed by atoms with Crippen LogP contribution in [0.3, 0.4) is 0 Å². The predicted octanol–water partition coefficient (Wildman–Crippen LogP) is 15.9. The zero-order valence-electron chi connectivity index (χ0n) is 62.2. The molecule has 0 spiro atoms. The molecule has 2 aromatic heterocycles. The number of amides is 7. The first-order valence-corrected chi connectivity index (χ1v) is 38.1. The predicted molar refractivity (Wildman–Crippen MR) is 408 cm³/mol. The number of nitrogens with one attached hydrogen (secondary N) is 4. The van der Waals surface area contributed by atoms with Crippen molar-refractivity contribution in [3.63, 3.8) is 0 Å². The third-order valence-corrected chi connectivity index (χ3v) is 24.1. The lowest BCUT2D eigenvalue weighted by molar-refractivity contribution is -0.138. The van der Waals surface area contributed by atoms with Gasteiger partial charge in [0.15, 0.2) is 0 Å². The van der Waals surface area contributed by atoms with E-state index in [-0.39, 0.29) is 77.9 Å². The van der Waals surface area contributed by atoms with Gasteiger partial charge < -0.3 is 44.1 Å². The molecule has 4 N–H and O–H groups in total. The van der Waals surface area contributed by atoms with Crippen LogP contribution in [0.2, 0.25) is 0 Å². The number of hydrogen-bond donors (Lipinski definition) is 4. The fourth-order valence-corrected chi connectivity index (χ4v) is 17.3. The number of carbonyl (C=O) groups is 7. The van der Waals surface area contributed by atoms with E-state index in [0.717, 1.165) is 186 Å². The Bertz CT molecular complexity index is 5030. The van der Waals surface area contributed by atoms with Crippen molar-refractivity contribution >= 4 is 75.5 Å². The van der Waals surface area contributed by atoms with E-state index in [4.69, 9.17) is 22.2 Å². The lowest BCUT2D eigenvalue weighted by Crippen LogP contribution is -2.54. The van der Waals surface area contributed by atoms with E-state index in [9.17, 15) is 33.6 Å². The molecule has 7 amide bonds. The maximum absolute atomic E-state index is 15.3. The van der Waals surface area contributed by atoms with E-state index in [0.29, 0.717) is 47.7 Å². The Balaban J connectivity index is 0.000000174. The maximum atomic E-state index is 15.3. The van der Waals surface area contributed by atoms with Gasteiger partial charge in [-0.15, -0.1) is 0 Å². The van der Waals surface area contributed by atoms with E-state index in [1.165, 1.54) is 22.6 Å². The summed E-state index contributed by atoms with van der Waals surface area (Å²) >= 11 is 0. The van der Waals surface area contributed by atoms with Crippen LogP contribution in [-0.2, 0) is 36.8 Å². The first-order chi connectivity index (χ1) is 52.5. The van der Waals surface area contributed by atoms with Crippen LogP contribution in [-0.4, -0.2) is 99.7 Å². The van der Waals surface area contributed by atoms with E-state index in [2.05, 4.69) is 150 Å². The summed E-state index contributed by atoms with van der Waals surface area (Å²) in [5.41, 5.74) is 15.3. The van der Waals surface area contributed by atoms with Gasteiger partial charge in [-0.1, -0.05) is 34.6 Å². The third kappa shape index (κ3) is 14.5. The highest BCUT2D eigenvalue weighted by atomic mass is 19.1. The van der Waals surface area contributed by atoms with Gasteiger partial charge in [0.1, 0.15) is 35.2 Å². The Morgan fingerprint density at radius 1 is 0.505 bits per heavy atom. The first-order valence-electron chi connectivity index (χ1n) is 38.1. The van der Waals surface area contributed by atoms with Crippen LogP contribution in [0, 0.1) is 90.0 Å². The lowest BCUT2D eigenvalue weighted by atomic mass is 9.81. The van der Waals surface area contributed by atoms with Gasteiger partial charge in [-0.25, -0.2) is 21.9 Å². The number of hydrogen-bond acceptors (Lipinski definition) is 15. The summed E-state index contributed by atoms with van der Waals surface area (Å²) in [6.07, 6.45) is 12.0. The molecule has 109 heavy (non-hydrogen) atoms. The number of imide groups is 3. The van der Waals surface area contributed by atoms with E-state index >= 15 is 8.78 Å². The molecule has 4 saturated carbocycles. The van der Waals surface area contributed by atoms with E-state index in [1.54, 1.807) is 6.07 Å². The number of benzene rings is 6. The molecule has 8 aliphatic rings. The highest BCUT2D eigenvalue weighted by molar-refractivity contribution is 6.24. The number of nitrogens with zero attached hydrogens (tertiary/aromatic N) is 8. The van der Waals surface area contributed by atoms with Crippen LogP contribution in [0.5, 0.6) is 0 Å². The highest BCUT2D eigenvalue weighted by Gasteiger charge is 2.54. The minimum atomic E-state index is -1.11. The van der Waals surface area contributed by atoms with Gasteiger partial charge in [-0.3, -0.25) is 49.1 Å². The molecule has 2 atom stereocenters. The van der Waals surface area contributed by atoms with Crippen LogP contribution < -0.4 is 31.1 Å². The van der Waals surface area contributed by atoms with Crippen LogP contribution in [0.25, 0.3) is 31.9 Å². The van der Waals surface area contributed by atoms with Gasteiger partial charge in [-0.05, 0) is 242 Å². The molecular formula is C86H88F2N12O9. The molecule has 6 aromatic carbocycles. The molecule has 16 rings (SSSR count). The number of carbonyl (C=O) groups excluding carboxylic acids is 7. The molecule has 6 fully saturated rings. The summed E-state index contributed by atoms with van der Waals surface area (Å²) in [6, 6.07) is 33.7. The van der Waals surface area contributed by atoms with Crippen molar-refractivity contribution in [2.45, 2.75) is 174 Å². The van der Waals surface area contributed by atoms with Crippen molar-refractivity contribution in [2.24, 2.45) is 23.7 Å². The van der Waals surface area contributed by atoms with Crippen LogP contribution in [0.15, 0.2) is 118 Å². The zero-order valence-corrected chi connectivity index (χ0v) is 62.2. The van der Waals surface area contributed by atoms with Crippen LogP contribution >= 0.6 is 0 Å². The van der Waals surface area contributed by atoms with Crippen molar-refractivity contribution in [2.75, 3.05) is 46.6 Å². The molecule has 2 saturated heterocycles. The number of piperidine rings is 2. The Morgan fingerprint density at radius 3 is 1.33 bits per heavy atom. The Labute approximate surface area is 632 Å². The Kier molecular flexibility index (Phi) is 19.9. The molecule has 21 nitrogen and oxygen atoms in total. The van der Waals surface area contributed by atoms with Gasteiger partial charge in [0.25, 0.3) is 28.8 Å². The Hall–Kier alpha value is -11.3. The molecule has 8 aromatic rings. The van der Waals surface area contributed by atoms with Gasteiger partial charge in [0.05, 0.1) is 33.9 Å². The van der Waals surface area contributed by atoms with Crippen molar-refractivity contribution in [1.29, 1.82) is 0 Å². The molecule has 6 heterocycles. The minimum absolute atomic E-state index is 0.0133. The molecular weight excluding hydrogens is 1380 g/mol. The van der Waals surface area contributed by atoms with Crippen molar-refractivity contribution < 1.29 is 51.4 Å². The second-order valence-corrected chi connectivity index (χ2v) is 31.3. The summed E-state index contributed by atoms with van der Waals surface area (Å²) < 4.78 is 41.7. The molecule has 2 unspecified atom stereocenters. The number of aromatic nitrogens is 2. The topological polar surface area (TPSA) is 241 Å². The third-order valence-electron chi connectivity index (χ3n) is 24.1. The summed E-state index contributed by atoms with van der Waals surface area (Å²) in [6.45, 7) is 30.4. The second-order valence-electron chi connectivity index (χ2n) is 31.3. The molecule has 4 aliphatic heterocycles. The highest BCUT2D eigenvalue weighted by Crippen LogP contribution is 2.52. The summed E-state index contributed by atoms with van der Waals surface area (Å²) in [7, 11) is 0. The lowest BCUT2D eigenvalue weighted by Gasteiger charge is -2.35. The summed E-state index contributed by atoms with van der Waals surface area (Å²) in [5.74, 6) is -1.71. The normalized spacial score (nSPS) is 21.7. The first kappa shape index (κ1) is 73.2. The molecule has 4 aliphatic carbocycles. The van der Waals surface area contributed by atoms with Crippen molar-refractivity contribution in [1.82, 2.24) is 30.7 Å². The van der Waals surface area contributed by atoms with Gasteiger partial charge >= 0.3 is 0 Å². The second kappa shape index (κ2) is 29.7. The Morgan fingerprint density at radius 2 is 0.917 bits per heavy atom. The number of rotatable bonds is 20. The van der Waals surface area contributed by atoms with Crippen LogP contribution in [0.1, 0.15) is 185 Å². The summed E-state index contributed by atoms with van der Waals surface area (Å²) in [5, 5.41) is 19.4. The molecule has 23 heteroatoms. The quantitative estimate of drug-likeness (QED) is 0.0410. The molecule has 0 radical (unpaired) electrons. The van der Waals surface area contributed by atoms with Gasteiger partial charge in [-0.2, -0.15) is 0 Å². The molecule has 560 valence electrons. The maximum Gasteiger partial charge on any atom is 0.262 e. The van der Waals surface area contributed by atoms with Gasteiger partial charge in [0.2, 0.25) is 23.6 Å². The molecule has 0 bridgehead atoms. The standard InChI is InChI=1S/C43H43FN6O5.C43H45FN6O4/c1-24-5-10-29(39-25(2)48-55-26(39)3)19-37(24)49(31-13-11-30(12-14-31)43(45-4)17-18-43)23-28-8-6-27(7-9-28)22-46-35-21-33-32(20-34(35)44)41(53)50(42(33)54)36-15-16-38(51)47-40(36)52;1-25-5-10-30(40-26(2)48-54-27(40)3)20-38(25)49(33-13-11-32(12-14-33)43(45-4)17-18-43)23-29-8-6-28(7-9-29)22-46-36-21-34-31(19-35(36)44)24-50(42(34)53)37-15-16-39(51)47-41(37)52/h5,10-14,19-21,27-28,36,46H,6-9,15-18,22-23H2,1-3H3,(H,47,51,52);5,10-14,19-21,28-29,37,46H,6-9,15-18,22-24H2,1-3H3,(H,47,51,52). The number of fused-ring (bicyclic) bond motifs is 2. The van der Waals surface area contributed by atoms with Gasteiger partial charge in [0, 0.05) is 122 Å². The zero-order chi connectivity index (χ0) is 76.3. The fourth-order valence-electron chi connectivity index (χ4n) is 17.3. The average molecular weight is 1470 g/mol. The number of halogens is 2. The monoisotopic (exact) mass is 1470 g/mol. The largest absolute Gasteiger partial charge is 0.382 e. The minimum Gasteiger partial charge on any atom is -0.382 e. The van der Waals surface area contributed by atoms with Crippen molar-refractivity contribution in [3.05, 3.63) is 211 Å². The van der Waals surface area contributed by atoms with Crippen molar-refractivity contribution in [3.8, 4) is 22.3 Å². The number of aryl methyl sites for hydroxylation is 6. The average Bonchev–Trinajstić information content (AvgIpc) is 1.65. The van der Waals surface area contributed by atoms with E-state index in [1.807, 2.05) is 27.7 Å². The smallest absolute Gasteiger partial charge is 0.262 e. The number of anilines is 6. The van der Waals surface area contributed by atoms with E-state index < -0.39 is 53.3 Å². The summed E-state index contributed by atoms with van der Waals surface area (Å²) in [4.78, 5) is 103. The fraction of sp³-hybridized carbons (Fsp3) is 0.407.